The lowest BCUT2D eigenvalue weighted by Crippen LogP contribution is -2.35. The van der Waals surface area contributed by atoms with Crippen molar-refractivity contribution in [2.75, 3.05) is 0 Å². The predicted octanol–water partition coefficient (Wildman–Crippen LogP) is 30.5. The van der Waals surface area contributed by atoms with Gasteiger partial charge in [0.2, 0.25) is 11.4 Å². The number of para-hydroxylation sites is 4. The molecule has 0 radical (unpaired) electrons. The first-order valence-corrected chi connectivity index (χ1v) is 49.8. The van der Waals surface area contributed by atoms with Crippen LogP contribution < -0.4 is 22.8 Å². The zero-order chi connectivity index (χ0) is 98.6. The van der Waals surface area contributed by atoms with E-state index in [1.807, 2.05) is 24.5 Å². The maximum Gasteiger partial charge on any atom is 0.294 e. The van der Waals surface area contributed by atoms with Crippen molar-refractivity contribution in [2.24, 2.45) is 53.1 Å². The average Bonchev–Trinajstić information content (AvgIpc) is 1.54. The monoisotopic (exact) mass is 1840 g/mol. The van der Waals surface area contributed by atoms with Gasteiger partial charge in [-0.25, -0.2) is 27.4 Å². The standard InChI is InChI=1S/C32H35N2.C25H21N2.2C25H27N2.C23H25N2/c1-20(2)25-13-10-14-26(21(3)4)31(25)34-19-23(6)33(7)32(34)30-22(5)15-17-28-27-12-9-8-11-24(27)16-18-29(28)30;1-18-12-14-22-21-11-7-6-8-19(21)13-15-23(22)24(18)25-26(2)16-17-27(25)20-9-4-3-5-10-20;1-17-10-12-19-20-8-6-7-9-22(20)26-15-21(19)24(17)23-13-11-18(16-27(23)5)14-25(2,3)4;1-17-10-11-19-20-8-6-7-9-22(20)26-16-21(19)24(17)23-14-18(12-13-27(23)5)15-25(2,3)4;1-15(2)21-14-24(4)23(25(21)5)22-16(3)10-12-19-18-9-7-6-8-17(18)11-13-20(19)22/h8-21H,1-7H3;3-17H,1-2H3;6-13,15-16H,14H2,1-5H3;6-14,16H,15H2,1-5H3;6-15H,1-5H3/q5*+1. The molecule has 7 heterocycles. The first kappa shape index (κ1) is 95.4. The lowest BCUT2D eigenvalue weighted by atomic mass is 9.87. The fourth-order valence-corrected chi connectivity index (χ4v) is 21.5. The Kier molecular flexibility index (Phi) is 26.7. The van der Waals surface area contributed by atoms with Gasteiger partial charge in [-0.2, -0.15) is 9.13 Å². The summed E-state index contributed by atoms with van der Waals surface area (Å²) in [6.45, 7) is 40.7. The van der Waals surface area contributed by atoms with Crippen LogP contribution in [0.1, 0.15) is 162 Å². The Morgan fingerprint density at radius 3 is 1.16 bits per heavy atom. The molecule has 0 fully saturated rings. The van der Waals surface area contributed by atoms with E-state index in [1.54, 1.807) is 0 Å². The van der Waals surface area contributed by atoms with Crippen LogP contribution in [0.5, 0.6) is 0 Å². The molecule has 140 heavy (non-hydrogen) atoms. The van der Waals surface area contributed by atoms with Crippen LogP contribution in [0.2, 0.25) is 0 Å². The number of benzene rings is 15. The minimum atomic E-state index is 0.267. The third-order valence-corrected chi connectivity index (χ3v) is 28.4. The minimum absolute atomic E-state index is 0.267. The Bertz CT molecular complexity index is 8480. The normalized spacial score (nSPS) is 11.8. The Morgan fingerprint density at radius 2 is 0.707 bits per heavy atom. The lowest BCUT2D eigenvalue weighted by molar-refractivity contribution is -0.660. The summed E-state index contributed by atoms with van der Waals surface area (Å²) >= 11 is 0. The maximum absolute atomic E-state index is 4.74. The van der Waals surface area contributed by atoms with Gasteiger partial charge in [-0.05, 0) is 209 Å². The highest BCUT2D eigenvalue weighted by molar-refractivity contribution is 6.16. The van der Waals surface area contributed by atoms with Gasteiger partial charge in [0, 0.05) is 81.7 Å². The second-order valence-corrected chi connectivity index (χ2v) is 42.2. The van der Waals surface area contributed by atoms with E-state index < -0.39 is 0 Å². The van der Waals surface area contributed by atoms with Crippen LogP contribution in [0.4, 0.5) is 0 Å². The van der Waals surface area contributed by atoms with Crippen molar-refractivity contribution in [1.82, 2.24) is 23.7 Å². The number of pyridine rings is 4. The molecule has 0 aliphatic heterocycles. The highest BCUT2D eigenvalue weighted by atomic mass is 15.2. The lowest BCUT2D eigenvalue weighted by Gasteiger charge is -2.18. The van der Waals surface area contributed by atoms with Crippen molar-refractivity contribution >= 4 is 108 Å². The van der Waals surface area contributed by atoms with Gasteiger partial charge in [0.05, 0.1) is 67.0 Å². The SMILES string of the molecule is Cc1ccc2c(ccc3ccccc32)c1-c1n(-c2ccccc2)cc[n+]1C.Cc1ccc2c(ccc3ccccc32)c1-c1n(C)c(C(C)C)c[n+]1C.Cc1ccc2c(ccc3ccccc32)c1-c1n(C)c(C)c[n+]1-c1c(C(C)C)cccc1C(C)C.Cc1ccc2c(cnc3ccccc32)c1-c1cc(CC(C)(C)C)cc[n+]1C.Cc1ccc2c(cnc3ccccc32)c1-c1ccc(CC(C)(C)C)c[n+]1C. The summed E-state index contributed by atoms with van der Waals surface area (Å²) in [7, 11) is 12.9. The Morgan fingerprint density at radius 1 is 0.300 bits per heavy atom. The molecule has 15 aromatic carbocycles. The third kappa shape index (κ3) is 18.7. The highest BCUT2D eigenvalue weighted by Crippen LogP contribution is 2.43. The zero-order valence-corrected chi connectivity index (χ0v) is 86.5. The van der Waals surface area contributed by atoms with Crippen LogP contribution in [0.3, 0.4) is 0 Å². The number of fused-ring (bicyclic) bond motifs is 15. The third-order valence-electron chi connectivity index (χ3n) is 28.4. The first-order valence-electron chi connectivity index (χ1n) is 49.8. The number of aromatic nitrogens is 10. The summed E-state index contributed by atoms with van der Waals surface area (Å²) < 4.78 is 18.4. The maximum atomic E-state index is 4.74. The van der Waals surface area contributed by atoms with Crippen LogP contribution in [0.25, 0.3) is 176 Å². The van der Waals surface area contributed by atoms with Crippen molar-refractivity contribution in [3.8, 4) is 68.1 Å². The van der Waals surface area contributed by atoms with Crippen LogP contribution >= 0.6 is 0 Å². The summed E-state index contributed by atoms with van der Waals surface area (Å²) in [6.07, 6.45) is 19.5. The Labute approximate surface area is 827 Å². The first-order chi connectivity index (χ1) is 67.2. The van der Waals surface area contributed by atoms with Gasteiger partial charge in [-0.15, -0.1) is 0 Å². The molecule has 10 nitrogen and oxygen atoms in total. The molecule has 0 bridgehead atoms. The van der Waals surface area contributed by atoms with E-state index in [9.17, 15) is 0 Å². The summed E-state index contributed by atoms with van der Waals surface area (Å²) in [4.78, 5) is 9.46. The summed E-state index contributed by atoms with van der Waals surface area (Å²) in [5.74, 6) is 5.08. The molecule has 0 atom stereocenters. The Hall–Kier alpha value is -14.9. The molecule has 0 amide bonds. The minimum Gasteiger partial charge on any atom is -0.256 e. The van der Waals surface area contributed by atoms with Crippen molar-refractivity contribution in [2.45, 2.75) is 155 Å². The summed E-state index contributed by atoms with van der Waals surface area (Å²) in [5.41, 5.74) is 28.7. The molecule has 0 saturated heterocycles. The van der Waals surface area contributed by atoms with Gasteiger partial charge in [0.25, 0.3) is 17.5 Å². The van der Waals surface area contributed by atoms with Gasteiger partial charge in [-0.1, -0.05) is 326 Å². The van der Waals surface area contributed by atoms with Crippen molar-refractivity contribution in [3.63, 3.8) is 0 Å². The molecule has 7 aromatic heterocycles. The number of nitrogens with zero attached hydrogens (tertiary/aromatic N) is 10. The summed E-state index contributed by atoms with van der Waals surface area (Å²) in [5, 5.41) is 23.0. The van der Waals surface area contributed by atoms with E-state index in [4.69, 9.17) is 9.97 Å². The quantitative estimate of drug-likeness (QED) is 0.0904. The topological polar surface area (TPSA) is 60.0 Å². The zero-order valence-electron chi connectivity index (χ0n) is 86.5. The molecule has 0 spiro atoms. The molecule has 0 aliphatic rings. The van der Waals surface area contributed by atoms with E-state index in [2.05, 4.69) is 520 Å². The van der Waals surface area contributed by atoms with Gasteiger partial charge >= 0.3 is 0 Å². The number of hydrogen-bond acceptors (Lipinski definition) is 2. The molecule has 700 valence electrons. The van der Waals surface area contributed by atoms with Gasteiger partial charge in [0.15, 0.2) is 12.4 Å². The summed E-state index contributed by atoms with van der Waals surface area (Å²) in [6, 6.07) is 105. The smallest absolute Gasteiger partial charge is 0.256 e. The van der Waals surface area contributed by atoms with Crippen LogP contribution in [0.15, 0.2) is 341 Å². The Balaban J connectivity index is 0.000000116. The largest absolute Gasteiger partial charge is 0.294 e. The molecule has 22 rings (SSSR count). The number of aryl methyl sites for hydroxylation is 10. The van der Waals surface area contributed by atoms with Crippen LogP contribution in [0, 0.1) is 52.4 Å². The molecular formula is C130H135N10+5. The van der Waals surface area contributed by atoms with Crippen molar-refractivity contribution < 1.29 is 22.8 Å². The number of rotatable bonds is 12. The highest BCUT2D eigenvalue weighted by Gasteiger charge is 2.33. The number of imidazole rings is 3. The van der Waals surface area contributed by atoms with E-state index in [1.165, 1.54) is 226 Å². The fraction of sp³-hybridized carbons (Fsp3) is 0.238. The van der Waals surface area contributed by atoms with Gasteiger partial charge in [0.1, 0.15) is 61.6 Å². The van der Waals surface area contributed by atoms with E-state index >= 15 is 0 Å². The molecule has 0 N–H and O–H groups in total. The van der Waals surface area contributed by atoms with E-state index in [0.29, 0.717) is 17.8 Å². The van der Waals surface area contributed by atoms with Crippen molar-refractivity contribution in [1.29, 1.82) is 0 Å². The van der Waals surface area contributed by atoms with Crippen molar-refractivity contribution in [3.05, 3.63) is 402 Å². The fourth-order valence-electron chi connectivity index (χ4n) is 21.5. The molecule has 0 saturated carbocycles. The van der Waals surface area contributed by atoms with E-state index in [0.717, 1.165) is 23.9 Å². The molecule has 22 aromatic rings. The van der Waals surface area contributed by atoms with Crippen LogP contribution in [-0.2, 0) is 55.1 Å². The second kappa shape index (κ2) is 39.2. The van der Waals surface area contributed by atoms with Gasteiger partial charge in [-0.3, -0.25) is 9.97 Å². The molecule has 0 aliphatic carbocycles. The predicted molar refractivity (Wildman–Crippen MR) is 591 cm³/mol. The number of hydrogen-bond donors (Lipinski definition) is 0. The van der Waals surface area contributed by atoms with E-state index in [-0.39, 0.29) is 10.8 Å². The average molecular weight is 1840 g/mol. The molecule has 0 unspecified atom stereocenters. The molecular weight excluding hydrogens is 1700 g/mol. The molecule has 10 heteroatoms. The second-order valence-electron chi connectivity index (χ2n) is 42.2. The van der Waals surface area contributed by atoms with Crippen LogP contribution in [-0.4, -0.2) is 23.7 Å². The van der Waals surface area contributed by atoms with Gasteiger partial charge < -0.3 is 0 Å².